The van der Waals surface area contributed by atoms with E-state index in [0.29, 0.717) is 5.75 Å². The number of hydrogen-bond acceptors (Lipinski definition) is 3. The first-order valence-corrected chi connectivity index (χ1v) is 2.87. The Morgan fingerprint density at radius 1 is 1.09 bits per heavy atom. The minimum Gasteiger partial charge on any atom is -0.512 e. The zero-order valence-electron chi connectivity index (χ0n) is 5.97. The summed E-state index contributed by atoms with van der Waals surface area (Å²) in [6.45, 7) is 0. The van der Waals surface area contributed by atoms with Crippen LogP contribution in [0.3, 0.4) is 0 Å². The second kappa shape index (κ2) is 5.30. The first-order valence-electron chi connectivity index (χ1n) is 2.87. The summed E-state index contributed by atoms with van der Waals surface area (Å²) in [5.74, 6) is 0.442. The molecule has 54 valence electrons. The van der Waals surface area contributed by atoms with E-state index in [1.165, 1.54) is 0 Å². The van der Waals surface area contributed by atoms with Crippen LogP contribution in [0.4, 0.5) is 0 Å². The molecular weight excluding hydrogens is 196 g/mol. The fourth-order valence-electron chi connectivity index (χ4n) is 0.621. The van der Waals surface area contributed by atoms with Crippen molar-refractivity contribution in [2.75, 3.05) is 0 Å². The van der Waals surface area contributed by atoms with E-state index in [2.05, 4.69) is 4.65 Å². The molecule has 11 heavy (non-hydrogen) atoms. The SMILES string of the molecule is OB(O)Oc1ccccc1.[Zn]. The Morgan fingerprint density at radius 2 is 1.64 bits per heavy atom. The summed E-state index contributed by atoms with van der Waals surface area (Å²) in [5, 5.41) is 16.7. The molecule has 0 atom stereocenters. The Bertz CT molecular complexity index is 192. The zero-order chi connectivity index (χ0) is 7.40. The predicted molar refractivity (Wildman–Crippen MR) is 37.3 cm³/mol. The molecule has 5 heteroatoms. The van der Waals surface area contributed by atoms with E-state index in [9.17, 15) is 0 Å². The van der Waals surface area contributed by atoms with Gasteiger partial charge in [0.2, 0.25) is 0 Å². The summed E-state index contributed by atoms with van der Waals surface area (Å²) >= 11 is 0. The van der Waals surface area contributed by atoms with Gasteiger partial charge in [-0.25, -0.2) is 0 Å². The summed E-state index contributed by atoms with van der Waals surface area (Å²) in [7, 11) is -1.73. The van der Waals surface area contributed by atoms with E-state index in [1.54, 1.807) is 24.3 Å². The molecule has 3 nitrogen and oxygen atoms in total. The molecule has 0 saturated heterocycles. The van der Waals surface area contributed by atoms with Crippen molar-refractivity contribution in [1.29, 1.82) is 0 Å². The first-order chi connectivity index (χ1) is 4.79. The molecule has 0 aliphatic carbocycles. The standard InChI is InChI=1S/C6H7BO3.Zn/c8-7(9)10-6-4-2-1-3-5-6;/h1-5,8-9H;. The van der Waals surface area contributed by atoms with E-state index in [4.69, 9.17) is 10.0 Å². The van der Waals surface area contributed by atoms with Crippen LogP contribution < -0.4 is 4.65 Å². The summed E-state index contributed by atoms with van der Waals surface area (Å²) in [4.78, 5) is 0. The largest absolute Gasteiger partial charge is 0.707 e. The number of rotatable bonds is 2. The predicted octanol–water partition coefficient (Wildman–Crippen LogP) is 0.0324. The van der Waals surface area contributed by atoms with E-state index in [0.717, 1.165) is 0 Å². The van der Waals surface area contributed by atoms with Gasteiger partial charge in [0.05, 0.1) is 0 Å². The third-order valence-electron chi connectivity index (χ3n) is 0.985. The fourth-order valence-corrected chi connectivity index (χ4v) is 0.621. The van der Waals surface area contributed by atoms with Crippen molar-refractivity contribution < 1.29 is 34.2 Å². The molecule has 1 aromatic rings. The maximum absolute atomic E-state index is 8.34. The third kappa shape index (κ3) is 4.14. The van der Waals surface area contributed by atoms with Crippen LogP contribution in [0.1, 0.15) is 0 Å². The third-order valence-corrected chi connectivity index (χ3v) is 0.985. The first kappa shape index (κ1) is 10.6. The van der Waals surface area contributed by atoms with Crippen molar-refractivity contribution in [1.82, 2.24) is 0 Å². The Morgan fingerprint density at radius 3 is 2.09 bits per heavy atom. The van der Waals surface area contributed by atoms with Crippen molar-refractivity contribution >= 4 is 7.32 Å². The van der Waals surface area contributed by atoms with Gasteiger partial charge in [0, 0.05) is 19.5 Å². The Hall–Kier alpha value is -0.372. The van der Waals surface area contributed by atoms with Crippen LogP contribution in [0, 0.1) is 0 Å². The monoisotopic (exact) mass is 202 g/mol. The fraction of sp³-hybridized carbons (Fsp3) is 0. The quantitative estimate of drug-likeness (QED) is 0.667. The molecular formula is C6H7BO3Zn. The van der Waals surface area contributed by atoms with Crippen LogP contribution in [-0.2, 0) is 19.5 Å². The van der Waals surface area contributed by atoms with E-state index < -0.39 is 7.32 Å². The summed E-state index contributed by atoms with van der Waals surface area (Å²) in [6, 6.07) is 8.59. The minimum atomic E-state index is -1.73. The van der Waals surface area contributed by atoms with Crippen LogP contribution in [0.25, 0.3) is 0 Å². The van der Waals surface area contributed by atoms with Gasteiger partial charge in [-0.15, -0.1) is 0 Å². The van der Waals surface area contributed by atoms with Crippen LogP contribution in [-0.4, -0.2) is 17.4 Å². The smallest absolute Gasteiger partial charge is 0.512 e. The molecule has 0 fully saturated rings. The number of hydrogen-bond donors (Lipinski definition) is 2. The topological polar surface area (TPSA) is 49.7 Å². The molecule has 0 bridgehead atoms. The summed E-state index contributed by atoms with van der Waals surface area (Å²) in [5.41, 5.74) is 0. The maximum atomic E-state index is 8.34. The maximum Gasteiger partial charge on any atom is 0.707 e. The zero-order valence-corrected chi connectivity index (χ0v) is 8.94. The molecule has 0 amide bonds. The van der Waals surface area contributed by atoms with Gasteiger partial charge >= 0.3 is 7.32 Å². The minimum absolute atomic E-state index is 0. The molecule has 0 aliphatic rings. The molecule has 1 aromatic carbocycles. The van der Waals surface area contributed by atoms with Crippen molar-refractivity contribution in [3.05, 3.63) is 30.3 Å². The van der Waals surface area contributed by atoms with E-state index in [-0.39, 0.29) is 19.5 Å². The molecule has 0 aromatic heterocycles. The van der Waals surface area contributed by atoms with Crippen molar-refractivity contribution in [2.45, 2.75) is 0 Å². The van der Waals surface area contributed by atoms with Gasteiger partial charge in [0.25, 0.3) is 0 Å². The molecule has 0 saturated carbocycles. The van der Waals surface area contributed by atoms with Crippen LogP contribution >= 0.6 is 0 Å². The molecule has 2 N–H and O–H groups in total. The van der Waals surface area contributed by atoms with Crippen molar-refractivity contribution in [3.63, 3.8) is 0 Å². The van der Waals surface area contributed by atoms with Crippen LogP contribution in [0.2, 0.25) is 0 Å². The van der Waals surface area contributed by atoms with Gasteiger partial charge in [0.15, 0.2) is 0 Å². The van der Waals surface area contributed by atoms with Crippen molar-refractivity contribution in [3.8, 4) is 5.75 Å². The number of para-hydroxylation sites is 1. The molecule has 1 rings (SSSR count). The molecule has 0 spiro atoms. The van der Waals surface area contributed by atoms with Crippen LogP contribution in [0.15, 0.2) is 30.3 Å². The molecule has 0 aliphatic heterocycles. The summed E-state index contributed by atoms with van der Waals surface area (Å²) < 4.78 is 4.53. The molecule has 0 heterocycles. The average molecular weight is 203 g/mol. The van der Waals surface area contributed by atoms with Gasteiger partial charge in [-0.3, -0.25) is 0 Å². The van der Waals surface area contributed by atoms with Crippen LogP contribution in [0.5, 0.6) is 5.75 Å². The van der Waals surface area contributed by atoms with Crippen molar-refractivity contribution in [2.24, 2.45) is 0 Å². The number of benzene rings is 1. The average Bonchev–Trinajstić information content (AvgIpc) is 1.88. The second-order valence-corrected chi connectivity index (χ2v) is 1.76. The van der Waals surface area contributed by atoms with Gasteiger partial charge < -0.3 is 14.7 Å². The van der Waals surface area contributed by atoms with E-state index >= 15 is 0 Å². The second-order valence-electron chi connectivity index (χ2n) is 1.76. The van der Waals surface area contributed by atoms with Gasteiger partial charge in [0.1, 0.15) is 5.75 Å². The Kier molecular flexibility index (Phi) is 5.12. The summed E-state index contributed by atoms with van der Waals surface area (Å²) in [6.07, 6.45) is 0. The normalized spacial score (nSPS) is 8.18. The van der Waals surface area contributed by atoms with Gasteiger partial charge in [-0.05, 0) is 12.1 Å². The van der Waals surface area contributed by atoms with Gasteiger partial charge in [-0.2, -0.15) is 0 Å². The Balaban J connectivity index is 0.000001000. The van der Waals surface area contributed by atoms with Gasteiger partial charge in [-0.1, -0.05) is 18.2 Å². The van der Waals surface area contributed by atoms with E-state index in [1.807, 2.05) is 6.07 Å². The molecule has 0 unspecified atom stereocenters. The Labute approximate surface area is 77.9 Å². The molecule has 0 radical (unpaired) electrons.